The van der Waals surface area contributed by atoms with Crippen molar-refractivity contribution in [1.82, 2.24) is 4.98 Å². The molecule has 0 bridgehead atoms. The fraction of sp³-hybridized carbons (Fsp3) is 0.629. The number of aromatic nitrogens is 1. The van der Waals surface area contributed by atoms with Crippen molar-refractivity contribution in [2.24, 2.45) is 45.5 Å². The number of aliphatic hydroxyl groups excluding tert-OH is 1. The maximum absolute atomic E-state index is 13.6. The zero-order valence-corrected chi connectivity index (χ0v) is 29.7. The molecule has 11 heteroatoms. The number of ether oxygens (including phenoxy) is 2. The van der Waals surface area contributed by atoms with Crippen LogP contribution in [0.15, 0.2) is 26.8 Å². The minimum Gasteiger partial charge on any atom is -0.497 e. The van der Waals surface area contributed by atoms with Crippen LogP contribution in [0.1, 0.15) is 110 Å². The van der Waals surface area contributed by atoms with Crippen LogP contribution in [0.2, 0.25) is 0 Å². The van der Waals surface area contributed by atoms with Crippen molar-refractivity contribution in [2.45, 2.75) is 107 Å². The van der Waals surface area contributed by atoms with Crippen LogP contribution in [0.3, 0.4) is 0 Å². The Balaban J connectivity index is 0.00000576. The summed E-state index contributed by atoms with van der Waals surface area (Å²) in [5.74, 6) is 0.416. The van der Waals surface area contributed by atoms with Gasteiger partial charge >= 0.3 is 11.9 Å². The van der Waals surface area contributed by atoms with E-state index in [2.05, 4.69) is 61.8 Å². The van der Waals surface area contributed by atoms with Gasteiger partial charge in [0.15, 0.2) is 11.7 Å². The number of hydrogen-bond acceptors (Lipinski definition) is 7. The molecular weight excluding hydrogens is 631 g/mol. The molecule has 2 aliphatic carbocycles. The summed E-state index contributed by atoms with van der Waals surface area (Å²) in [6.45, 7) is 19.1. The Labute approximate surface area is 282 Å². The van der Waals surface area contributed by atoms with Crippen molar-refractivity contribution < 1.29 is 45.5 Å². The zero-order valence-electron chi connectivity index (χ0n) is 28.7. The largest absolute Gasteiger partial charge is 0.497 e. The van der Waals surface area contributed by atoms with Gasteiger partial charge in [-0.3, -0.25) is 4.79 Å². The molecule has 2 saturated carbocycles. The Morgan fingerprint density at radius 2 is 1.35 bits per heavy atom. The first-order chi connectivity index (χ1) is 21.1. The summed E-state index contributed by atoms with van der Waals surface area (Å²) in [5.41, 5.74) is 2.17. The number of carbonyl (C=O) groups excluding carboxylic acids is 3. The molecule has 1 amide bonds. The number of carbonyl (C=O) groups is 3. The van der Waals surface area contributed by atoms with Crippen molar-refractivity contribution >= 4 is 41.5 Å². The van der Waals surface area contributed by atoms with Crippen LogP contribution in [-0.4, -0.2) is 46.9 Å². The number of aliphatic imine (C=N–C) groups is 2. The molecular formula is C35H49N4NiO6-. The Kier molecular flexibility index (Phi) is 12.3. The first-order valence-corrected chi connectivity index (χ1v) is 16.2. The molecule has 1 aromatic rings. The summed E-state index contributed by atoms with van der Waals surface area (Å²) < 4.78 is 12.1. The molecule has 0 saturated heterocycles. The van der Waals surface area contributed by atoms with Crippen LogP contribution in [0.4, 0.5) is 5.82 Å². The standard InChI is InChI=1S/C35H50N4O6.Ni/c1-16-11-18(3)30(19(4)12-16)44-34(42)28-22(7)26(38-32(28)36-24(9)40)15-27-23(8)29(33(39-27)37-25(10)41)35(43)45-31-20(5)13-17(2)14-21(31)6;/h15-21,30-31H,11-14H2,1-10H3,(H3,36,37,38,39,40,41,42,43);/p-1. The van der Waals surface area contributed by atoms with Gasteiger partial charge in [-0.1, -0.05) is 41.5 Å². The van der Waals surface area contributed by atoms with Gasteiger partial charge in [-0.25, -0.2) is 14.6 Å². The van der Waals surface area contributed by atoms with Gasteiger partial charge in [-0.15, -0.1) is 0 Å². The third-order valence-electron chi connectivity index (χ3n) is 9.51. The van der Waals surface area contributed by atoms with Crippen molar-refractivity contribution in [2.75, 3.05) is 5.32 Å². The van der Waals surface area contributed by atoms with Gasteiger partial charge in [0, 0.05) is 23.4 Å². The Morgan fingerprint density at radius 3 is 1.80 bits per heavy atom. The van der Waals surface area contributed by atoms with Gasteiger partial charge in [-0.05, 0) is 111 Å². The SMILES string of the molecule is CC(=O)Nc1[n-]c(C=C2N=C(N=C(C)O)C(C(=O)OC3C(C)CC(C)CC3C)=C2C)c(C)c1C(=O)OC1C(C)CC(C)CC1C.[Ni]. The van der Waals surface area contributed by atoms with E-state index in [9.17, 15) is 19.5 Å². The van der Waals surface area contributed by atoms with Crippen LogP contribution in [0.5, 0.6) is 0 Å². The van der Waals surface area contributed by atoms with Crippen molar-refractivity contribution in [3.05, 3.63) is 33.7 Å². The van der Waals surface area contributed by atoms with E-state index < -0.39 is 11.9 Å². The monoisotopic (exact) mass is 679 g/mol. The molecule has 0 spiro atoms. The number of amides is 1. The van der Waals surface area contributed by atoms with Crippen LogP contribution < -0.4 is 10.3 Å². The number of hydrogen-bond donors (Lipinski definition) is 2. The smallest absolute Gasteiger partial charge is 0.342 e. The number of rotatable bonds is 6. The molecule has 1 aromatic heterocycles. The molecule has 10 nitrogen and oxygen atoms in total. The zero-order chi connectivity index (χ0) is 33.3. The van der Waals surface area contributed by atoms with E-state index in [1.165, 1.54) is 13.8 Å². The van der Waals surface area contributed by atoms with Crippen LogP contribution in [0.25, 0.3) is 6.08 Å². The number of anilines is 1. The molecule has 2 fully saturated rings. The number of nitrogens with one attached hydrogen (secondary N) is 1. The van der Waals surface area contributed by atoms with E-state index in [0.717, 1.165) is 25.7 Å². The van der Waals surface area contributed by atoms with E-state index in [-0.39, 0.29) is 87.0 Å². The van der Waals surface area contributed by atoms with Gasteiger partial charge in [0.1, 0.15) is 23.7 Å². The first-order valence-electron chi connectivity index (χ1n) is 16.2. The van der Waals surface area contributed by atoms with E-state index in [1.807, 2.05) is 0 Å². The Bertz CT molecular complexity index is 1450. The van der Waals surface area contributed by atoms with E-state index >= 15 is 0 Å². The van der Waals surface area contributed by atoms with Gasteiger partial charge in [0.2, 0.25) is 0 Å². The quantitative estimate of drug-likeness (QED) is 0.146. The van der Waals surface area contributed by atoms with Crippen LogP contribution in [0, 0.1) is 42.4 Å². The second kappa shape index (κ2) is 15.1. The summed E-state index contributed by atoms with van der Waals surface area (Å²) >= 11 is 0. The topological polar surface area (TPSA) is 141 Å². The second-order valence-corrected chi connectivity index (χ2v) is 14.0. The third-order valence-corrected chi connectivity index (χ3v) is 9.51. The van der Waals surface area contributed by atoms with Crippen molar-refractivity contribution in [1.29, 1.82) is 0 Å². The van der Waals surface area contributed by atoms with Crippen molar-refractivity contribution in [3.63, 3.8) is 0 Å². The maximum Gasteiger partial charge on any atom is 0.342 e. The van der Waals surface area contributed by atoms with Crippen molar-refractivity contribution in [3.8, 4) is 0 Å². The fourth-order valence-corrected chi connectivity index (χ4v) is 7.73. The molecule has 2 N–H and O–H groups in total. The normalized spacial score (nSPS) is 30.9. The van der Waals surface area contributed by atoms with Gasteiger partial charge < -0.3 is 24.9 Å². The minimum atomic E-state index is -0.543. The average Bonchev–Trinajstić information content (AvgIpc) is 3.37. The van der Waals surface area contributed by atoms with Crippen LogP contribution >= 0.6 is 0 Å². The summed E-state index contributed by atoms with van der Waals surface area (Å²) in [6, 6.07) is 0. The molecule has 256 valence electrons. The van der Waals surface area contributed by atoms with Gasteiger partial charge in [0.05, 0.1) is 11.3 Å². The Hall–Kier alpha value is -3.20. The third kappa shape index (κ3) is 8.20. The Morgan fingerprint density at radius 1 is 0.870 bits per heavy atom. The first kappa shape index (κ1) is 37.3. The maximum atomic E-state index is 13.6. The van der Waals surface area contributed by atoms with E-state index in [1.54, 1.807) is 19.9 Å². The number of amidine groups is 1. The molecule has 0 aromatic carbocycles. The number of allylic oxidation sites excluding steroid dienone is 1. The molecule has 4 unspecified atom stereocenters. The summed E-state index contributed by atoms with van der Waals surface area (Å²) in [6.07, 6.45) is 5.06. The summed E-state index contributed by atoms with van der Waals surface area (Å²) in [7, 11) is 0. The van der Waals surface area contributed by atoms with Gasteiger partial charge in [-0.2, -0.15) is 4.99 Å². The molecule has 3 aliphatic rings. The molecule has 2 heterocycles. The molecule has 1 aliphatic heterocycles. The van der Waals surface area contributed by atoms with E-state index in [0.29, 0.717) is 34.4 Å². The van der Waals surface area contributed by atoms with Crippen LogP contribution in [-0.2, 0) is 35.6 Å². The van der Waals surface area contributed by atoms with E-state index in [4.69, 9.17) is 9.47 Å². The number of esters is 2. The second-order valence-electron chi connectivity index (χ2n) is 14.0. The molecule has 4 rings (SSSR count). The molecule has 4 atom stereocenters. The molecule has 46 heavy (non-hydrogen) atoms. The summed E-state index contributed by atoms with van der Waals surface area (Å²) in [5, 5.41) is 12.7. The molecule has 0 radical (unpaired) electrons. The predicted octanol–water partition coefficient (Wildman–Crippen LogP) is 6.80. The predicted molar refractivity (Wildman–Crippen MR) is 175 cm³/mol. The number of aliphatic hydroxyl groups is 1. The van der Waals surface area contributed by atoms with Gasteiger partial charge in [0.25, 0.3) is 0 Å². The minimum absolute atomic E-state index is 0. The summed E-state index contributed by atoms with van der Waals surface area (Å²) in [4.78, 5) is 52.6. The number of nitrogens with zero attached hydrogens (tertiary/aromatic N) is 3. The fourth-order valence-electron chi connectivity index (χ4n) is 7.73. The average molecular weight is 680 g/mol.